The minimum absolute atomic E-state index is 0.0366. The number of nitrogens with zero attached hydrogens (tertiary/aromatic N) is 3. The molecule has 182 valence electrons. The molecule has 0 aliphatic rings. The third-order valence-corrected chi connectivity index (χ3v) is 5.97. The molecule has 0 fully saturated rings. The van der Waals surface area contributed by atoms with Crippen LogP contribution in [0.2, 0.25) is 0 Å². The number of benzene rings is 3. The van der Waals surface area contributed by atoms with Crippen LogP contribution in [0.25, 0.3) is 16.6 Å². The molecule has 1 amide bonds. The number of aliphatic carboxylic acids is 1. The highest BCUT2D eigenvalue weighted by molar-refractivity contribution is 7.99. The number of aryl methyl sites for hydroxylation is 1. The Labute approximate surface area is 210 Å². The van der Waals surface area contributed by atoms with Crippen LogP contribution in [0.4, 0.5) is 0 Å². The van der Waals surface area contributed by atoms with Crippen LogP contribution in [0, 0.1) is 6.92 Å². The van der Waals surface area contributed by atoms with Crippen LogP contribution in [0.15, 0.2) is 87.8 Å². The lowest BCUT2D eigenvalue weighted by molar-refractivity contribution is -0.139. The topological polar surface area (TPSA) is 123 Å². The van der Waals surface area contributed by atoms with Gasteiger partial charge in [0.25, 0.3) is 11.5 Å². The lowest BCUT2D eigenvalue weighted by atomic mass is 10.2. The third-order valence-electron chi connectivity index (χ3n) is 5.03. The van der Waals surface area contributed by atoms with E-state index in [9.17, 15) is 14.4 Å². The second-order valence-corrected chi connectivity index (χ2v) is 8.63. The van der Waals surface area contributed by atoms with Crippen molar-refractivity contribution in [2.75, 3.05) is 12.4 Å². The van der Waals surface area contributed by atoms with Crippen molar-refractivity contribution in [3.05, 3.63) is 94.3 Å². The van der Waals surface area contributed by atoms with Crippen molar-refractivity contribution in [3.8, 4) is 11.4 Å². The summed E-state index contributed by atoms with van der Waals surface area (Å²) < 4.78 is 6.72. The van der Waals surface area contributed by atoms with Gasteiger partial charge in [0.2, 0.25) is 0 Å². The quantitative estimate of drug-likeness (QED) is 0.156. The van der Waals surface area contributed by atoms with Gasteiger partial charge in [0, 0.05) is 5.56 Å². The zero-order chi connectivity index (χ0) is 25.5. The van der Waals surface area contributed by atoms with Crippen molar-refractivity contribution >= 4 is 40.8 Å². The molecule has 0 unspecified atom stereocenters. The van der Waals surface area contributed by atoms with Gasteiger partial charge in [0.05, 0.1) is 28.6 Å². The molecule has 0 bridgehead atoms. The molecule has 1 aromatic heterocycles. The van der Waals surface area contributed by atoms with E-state index in [1.165, 1.54) is 10.8 Å². The number of ether oxygens (including phenoxy) is 1. The predicted molar refractivity (Wildman–Crippen MR) is 138 cm³/mol. The molecule has 0 spiro atoms. The molecule has 0 saturated heterocycles. The van der Waals surface area contributed by atoms with E-state index >= 15 is 0 Å². The van der Waals surface area contributed by atoms with E-state index in [-0.39, 0.29) is 11.3 Å². The summed E-state index contributed by atoms with van der Waals surface area (Å²) in [5, 5.41) is 13.6. The maximum Gasteiger partial charge on any atom is 0.341 e. The molecule has 10 heteroatoms. The molecule has 4 aromatic rings. The molecule has 0 saturated carbocycles. The Morgan fingerprint density at radius 3 is 2.58 bits per heavy atom. The number of rotatable bonds is 9. The zero-order valence-electron chi connectivity index (χ0n) is 19.2. The molecule has 9 nitrogen and oxygen atoms in total. The highest BCUT2D eigenvalue weighted by Gasteiger charge is 2.14. The first-order chi connectivity index (χ1) is 17.4. The number of fused-ring (bicyclic) bond motifs is 1. The van der Waals surface area contributed by atoms with Gasteiger partial charge < -0.3 is 9.84 Å². The first-order valence-electron chi connectivity index (χ1n) is 10.9. The van der Waals surface area contributed by atoms with Crippen LogP contribution in [-0.2, 0) is 9.59 Å². The van der Waals surface area contributed by atoms with Gasteiger partial charge in [0.1, 0.15) is 5.75 Å². The number of thioether (sulfide) groups is 1. The number of aromatic nitrogens is 2. The fourth-order valence-electron chi connectivity index (χ4n) is 3.33. The Balaban J connectivity index is 1.50. The van der Waals surface area contributed by atoms with Crippen molar-refractivity contribution in [2.24, 2.45) is 5.10 Å². The van der Waals surface area contributed by atoms with Gasteiger partial charge >= 0.3 is 5.97 Å². The molecular weight excluding hydrogens is 480 g/mol. The Morgan fingerprint density at radius 1 is 1.08 bits per heavy atom. The van der Waals surface area contributed by atoms with E-state index in [0.717, 1.165) is 17.3 Å². The molecule has 3 aromatic carbocycles. The molecule has 0 radical (unpaired) electrons. The molecule has 0 aliphatic heterocycles. The smallest absolute Gasteiger partial charge is 0.341 e. The lowest BCUT2D eigenvalue weighted by Gasteiger charge is -2.13. The SMILES string of the molecule is Cc1ccc(-n2c(SCC(=O)N/N=C\c3ccccc3OCC(=O)O)nc3ccccc3c2=O)cc1. The average Bonchev–Trinajstić information content (AvgIpc) is 2.88. The summed E-state index contributed by atoms with van der Waals surface area (Å²) in [6.45, 7) is 1.47. The van der Waals surface area contributed by atoms with Gasteiger partial charge in [-0.3, -0.25) is 14.2 Å². The number of carboxylic acids is 1. The highest BCUT2D eigenvalue weighted by Crippen LogP contribution is 2.21. The van der Waals surface area contributed by atoms with Crippen LogP contribution < -0.4 is 15.7 Å². The maximum absolute atomic E-state index is 13.3. The Morgan fingerprint density at radius 2 is 1.81 bits per heavy atom. The highest BCUT2D eigenvalue weighted by atomic mass is 32.2. The number of carboxylic acid groups (broad SMARTS) is 1. The largest absolute Gasteiger partial charge is 0.481 e. The molecule has 4 rings (SSSR count). The average molecular weight is 503 g/mol. The number of carbonyl (C=O) groups excluding carboxylic acids is 1. The fraction of sp³-hybridized carbons (Fsp3) is 0.115. The number of carbonyl (C=O) groups is 2. The number of para-hydroxylation sites is 2. The molecule has 36 heavy (non-hydrogen) atoms. The molecular formula is C26H22N4O5S. The Bertz CT molecular complexity index is 1500. The predicted octanol–water partition coefficient (Wildman–Crippen LogP) is 3.40. The monoisotopic (exact) mass is 502 g/mol. The summed E-state index contributed by atoms with van der Waals surface area (Å²) in [6.07, 6.45) is 1.37. The number of hydrogen-bond acceptors (Lipinski definition) is 7. The standard InChI is InChI=1S/C26H22N4O5S/c1-17-10-12-19(13-11-17)30-25(34)20-7-3-4-8-21(20)28-26(30)36-16-23(31)29-27-14-18-6-2-5-9-22(18)35-15-24(32)33/h2-14H,15-16H2,1H3,(H,29,31)(H,32,33)/b27-14-. The first kappa shape index (κ1) is 24.7. The number of nitrogens with one attached hydrogen (secondary N) is 1. The van der Waals surface area contributed by atoms with Crippen LogP contribution in [0.1, 0.15) is 11.1 Å². The van der Waals surface area contributed by atoms with Crippen molar-refractivity contribution in [1.29, 1.82) is 0 Å². The van der Waals surface area contributed by atoms with E-state index in [2.05, 4.69) is 15.5 Å². The summed E-state index contributed by atoms with van der Waals surface area (Å²) in [6, 6.07) is 21.3. The van der Waals surface area contributed by atoms with E-state index in [4.69, 9.17) is 9.84 Å². The van der Waals surface area contributed by atoms with E-state index in [1.54, 1.807) is 48.5 Å². The second kappa shape index (κ2) is 11.3. The van der Waals surface area contributed by atoms with Gasteiger partial charge in [-0.25, -0.2) is 15.2 Å². The van der Waals surface area contributed by atoms with Crippen LogP contribution in [0.5, 0.6) is 5.75 Å². The van der Waals surface area contributed by atoms with E-state index < -0.39 is 18.5 Å². The van der Waals surface area contributed by atoms with Crippen molar-refractivity contribution in [3.63, 3.8) is 0 Å². The second-order valence-electron chi connectivity index (χ2n) is 7.69. The number of hydrogen-bond donors (Lipinski definition) is 2. The van der Waals surface area contributed by atoms with Gasteiger partial charge in [-0.1, -0.05) is 53.7 Å². The fourth-order valence-corrected chi connectivity index (χ4v) is 4.13. The van der Waals surface area contributed by atoms with Crippen LogP contribution >= 0.6 is 11.8 Å². The number of amides is 1. The summed E-state index contributed by atoms with van der Waals surface area (Å²) in [5.74, 6) is -1.21. The molecule has 0 atom stereocenters. The van der Waals surface area contributed by atoms with Gasteiger partial charge in [0.15, 0.2) is 11.8 Å². The normalized spacial score (nSPS) is 11.0. The van der Waals surface area contributed by atoms with Crippen molar-refractivity contribution in [1.82, 2.24) is 15.0 Å². The minimum Gasteiger partial charge on any atom is -0.481 e. The van der Waals surface area contributed by atoms with Crippen molar-refractivity contribution < 1.29 is 19.4 Å². The van der Waals surface area contributed by atoms with Crippen LogP contribution in [0.3, 0.4) is 0 Å². The first-order valence-corrected chi connectivity index (χ1v) is 11.9. The Kier molecular flexibility index (Phi) is 7.76. The molecule has 0 aliphatic carbocycles. The summed E-state index contributed by atoms with van der Waals surface area (Å²) in [7, 11) is 0. The van der Waals surface area contributed by atoms with E-state index in [0.29, 0.717) is 33.1 Å². The third kappa shape index (κ3) is 5.97. The van der Waals surface area contributed by atoms with Gasteiger partial charge in [-0.2, -0.15) is 5.10 Å². The van der Waals surface area contributed by atoms with Crippen LogP contribution in [-0.4, -0.2) is 45.1 Å². The van der Waals surface area contributed by atoms with Crippen molar-refractivity contribution in [2.45, 2.75) is 12.1 Å². The molecule has 2 N–H and O–H groups in total. The van der Waals surface area contributed by atoms with Gasteiger partial charge in [-0.05, 0) is 43.3 Å². The lowest BCUT2D eigenvalue weighted by Crippen LogP contribution is -2.24. The number of hydrazone groups is 1. The van der Waals surface area contributed by atoms with E-state index in [1.807, 2.05) is 31.2 Å². The summed E-state index contributed by atoms with van der Waals surface area (Å²) in [4.78, 5) is 41.1. The summed E-state index contributed by atoms with van der Waals surface area (Å²) >= 11 is 1.12. The minimum atomic E-state index is -1.10. The molecule has 1 heterocycles. The zero-order valence-corrected chi connectivity index (χ0v) is 20.1. The Hall–Kier alpha value is -4.44. The van der Waals surface area contributed by atoms with Gasteiger partial charge in [-0.15, -0.1) is 0 Å². The summed E-state index contributed by atoms with van der Waals surface area (Å²) in [5.41, 5.74) is 4.98. The maximum atomic E-state index is 13.3.